The van der Waals surface area contributed by atoms with Gasteiger partial charge in [-0.05, 0) is 35.6 Å². The van der Waals surface area contributed by atoms with Gasteiger partial charge in [0.1, 0.15) is 0 Å². The van der Waals surface area contributed by atoms with Crippen LogP contribution in [0.5, 0.6) is 0 Å². The van der Waals surface area contributed by atoms with Gasteiger partial charge < -0.3 is 10.3 Å². The van der Waals surface area contributed by atoms with Crippen LogP contribution in [-0.2, 0) is 13.1 Å². The average molecular weight is 232 g/mol. The smallest absolute Gasteiger partial charge is 0.0223 e. The summed E-state index contributed by atoms with van der Waals surface area (Å²) < 4.78 is 0. The Hall–Kier alpha value is -1.19. The average Bonchev–Trinajstić information content (AvgIpc) is 2.83. The van der Waals surface area contributed by atoms with Crippen molar-refractivity contribution in [1.82, 2.24) is 10.3 Å². The number of hydrogen-bond acceptors (Lipinski definition) is 2. The molecule has 0 radical (unpaired) electrons. The van der Waals surface area contributed by atoms with Gasteiger partial charge in [0.05, 0.1) is 0 Å². The molecule has 84 valence electrons. The second kappa shape index (κ2) is 5.77. The first kappa shape index (κ1) is 11.3. The number of hydrogen-bond donors (Lipinski definition) is 2. The van der Waals surface area contributed by atoms with Crippen molar-refractivity contribution in [2.45, 2.75) is 18.0 Å². The predicted octanol–water partition coefficient (Wildman–Crippen LogP) is 3.03. The molecule has 0 amide bonds. The topological polar surface area (TPSA) is 27.8 Å². The van der Waals surface area contributed by atoms with Gasteiger partial charge in [-0.2, -0.15) is 0 Å². The minimum atomic E-state index is 0.910. The summed E-state index contributed by atoms with van der Waals surface area (Å²) in [5, 5.41) is 3.41. The minimum absolute atomic E-state index is 0.910. The summed E-state index contributed by atoms with van der Waals surface area (Å²) in [7, 11) is 0. The van der Waals surface area contributed by atoms with Crippen LogP contribution < -0.4 is 5.32 Å². The molecule has 0 unspecified atom stereocenters. The first-order valence-corrected chi connectivity index (χ1v) is 6.56. The van der Waals surface area contributed by atoms with E-state index in [9.17, 15) is 0 Å². The monoisotopic (exact) mass is 232 g/mol. The summed E-state index contributed by atoms with van der Waals surface area (Å²) in [6.07, 6.45) is 6.06. The molecule has 2 rings (SSSR count). The molecular formula is C13H16N2S. The fourth-order valence-corrected chi connectivity index (χ4v) is 1.97. The Morgan fingerprint density at radius 2 is 1.81 bits per heavy atom. The quantitative estimate of drug-likeness (QED) is 0.776. The van der Waals surface area contributed by atoms with Gasteiger partial charge in [0, 0.05) is 30.4 Å². The molecule has 0 aliphatic heterocycles. The van der Waals surface area contributed by atoms with Crippen molar-refractivity contribution in [3.8, 4) is 0 Å². The van der Waals surface area contributed by atoms with Crippen LogP contribution >= 0.6 is 11.8 Å². The molecule has 0 aliphatic rings. The number of H-pyrrole nitrogens is 1. The van der Waals surface area contributed by atoms with Gasteiger partial charge in [-0.25, -0.2) is 0 Å². The second-order valence-corrected chi connectivity index (χ2v) is 4.55. The molecule has 3 heteroatoms. The van der Waals surface area contributed by atoms with Crippen LogP contribution in [-0.4, -0.2) is 11.2 Å². The van der Waals surface area contributed by atoms with Gasteiger partial charge in [-0.15, -0.1) is 11.8 Å². The molecule has 0 aliphatic carbocycles. The van der Waals surface area contributed by atoms with Gasteiger partial charge in [0.2, 0.25) is 0 Å². The Bertz CT molecular complexity index is 406. The van der Waals surface area contributed by atoms with E-state index in [1.807, 2.05) is 12.4 Å². The van der Waals surface area contributed by atoms with E-state index in [0.29, 0.717) is 0 Å². The maximum atomic E-state index is 3.41. The molecule has 2 aromatic rings. The van der Waals surface area contributed by atoms with E-state index in [-0.39, 0.29) is 0 Å². The highest BCUT2D eigenvalue weighted by atomic mass is 32.2. The van der Waals surface area contributed by atoms with E-state index in [2.05, 4.69) is 46.9 Å². The summed E-state index contributed by atoms with van der Waals surface area (Å²) in [6, 6.07) is 10.8. The third kappa shape index (κ3) is 3.15. The molecule has 1 aromatic heterocycles. The number of rotatable bonds is 5. The maximum absolute atomic E-state index is 3.41. The molecule has 0 saturated heterocycles. The minimum Gasteiger partial charge on any atom is -0.367 e. The van der Waals surface area contributed by atoms with E-state index in [1.54, 1.807) is 11.8 Å². The van der Waals surface area contributed by atoms with Crippen LogP contribution in [0.4, 0.5) is 0 Å². The fraction of sp³-hybridized carbons (Fsp3) is 0.231. The van der Waals surface area contributed by atoms with Gasteiger partial charge in [0.25, 0.3) is 0 Å². The fourth-order valence-electron chi connectivity index (χ4n) is 1.56. The first-order chi connectivity index (χ1) is 7.88. The summed E-state index contributed by atoms with van der Waals surface area (Å²) >= 11 is 1.77. The highest BCUT2D eigenvalue weighted by Gasteiger charge is 1.95. The Balaban J connectivity index is 1.81. The lowest BCUT2D eigenvalue weighted by Gasteiger charge is -2.04. The number of aromatic amines is 1. The van der Waals surface area contributed by atoms with E-state index in [0.717, 1.165) is 13.1 Å². The zero-order chi connectivity index (χ0) is 11.2. The first-order valence-electron chi connectivity index (χ1n) is 5.34. The predicted molar refractivity (Wildman–Crippen MR) is 69.6 cm³/mol. The van der Waals surface area contributed by atoms with E-state index in [1.165, 1.54) is 16.0 Å². The Labute approximate surface area is 100 Å². The number of benzene rings is 1. The van der Waals surface area contributed by atoms with E-state index >= 15 is 0 Å². The van der Waals surface area contributed by atoms with Crippen molar-refractivity contribution in [3.05, 3.63) is 53.9 Å². The lowest BCUT2D eigenvalue weighted by molar-refractivity contribution is 0.693. The molecule has 0 spiro atoms. The molecule has 0 saturated carbocycles. The number of nitrogens with one attached hydrogen (secondary N) is 2. The largest absolute Gasteiger partial charge is 0.367 e. The Kier molecular flexibility index (Phi) is 4.08. The Morgan fingerprint density at radius 1 is 1.06 bits per heavy atom. The molecule has 16 heavy (non-hydrogen) atoms. The van der Waals surface area contributed by atoms with Gasteiger partial charge in [-0.1, -0.05) is 12.1 Å². The summed E-state index contributed by atoms with van der Waals surface area (Å²) in [5.41, 5.74) is 2.62. The highest BCUT2D eigenvalue weighted by Crippen LogP contribution is 2.14. The van der Waals surface area contributed by atoms with Gasteiger partial charge >= 0.3 is 0 Å². The van der Waals surface area contributed by atoms with E-state index in [4.69, 9.17) is 0 Å². The van der Waals surface area contributed by atoms with Gasteiger partial charge in [0.15, 0.2) is 0 Å². The zero-order valence-corrected chi connectivity index (χ0v) is 10.2. The van der Waals surface area contributed by atoms with Crippen LogP contribution in [0.1, 0.15) is 11.1 Å². The number of aromatic nitrogens is 1. The second-order valence-electron chi connectivity index (χ2n) is 3.67. The highest BCUT2D eigenvalue weighted by molar-refractivity contribution is 7.98. The van der Waals surface area contributed by atoms with Crippen molar-refractivity contribution in [2.24, 2.45) is 0 Å². The maximum Gasteiger partial charge on any atom is 0.0223 e. The standard InChI is InChI=1S/C13H16N2S/c1-16-13-4-2-11(3-5-13)8-15-10-12-6-7-14-9-12/h2-7,9,14-15H,8,10H2,1H3. The van der Waals surface area contributed by atoms with Crippen LogP contribution in [0.3, 0.4) is 0 Å². The molecular weight excluding hydrogens is 216 g/mol. The molecule has 0 bridgehead atoms. The molecule has 2 N–H and O–H groups in total. The zero-order valence-electron chi connectivity index (χ0n) is 9.36. The Morgan fingerprint density at radius 3 is 2.44 bits per heavy atom. The van der Waals surface area contributed by atoms with Crippen molar-refractivity contribution < 1.29 is 0 Å². The van der Waals surface area contributed by atoms with E-state index < -0.39 is 0 Å². The van der Waals surface area contributed by atoms with Crippen LogP contribution in [0.25, 0.3) is 0 Å². The van der Waals surface area contributed by atoms with Crippen LogP contribution in [0.15, 0.2) is 47.6 Å². The van der Waals surface area contributed by atoms with Gasteiger partial charge in [-0.3, -0.25) is 0 Å². The third-order valence-corrected chi connectivity index (χ3v) is 3.22. The van der Waals surface area contributed by atoms with Crippen molar-refractivity contribution in [2.75, 3.05) is 6.26 Å². The lowest BCUT2D eigenvalue weighted by Crippen LogP contribution is -2.11. The summed E-state index contributed by atoms with van der Waals surface area (Å²) in [5.74, 6) is 0. The number of thioether (sulfide) groups is 1. The summed E-state index contributed by atoms with van der Waals surface area (Å²) in [4.78, 5) is 4.36. The van der Waals surface area contributed by atoms with Crippen molar-refractivity contribution in [3.63, 3.8) is 0 Å². The summed E-state index contributed by atoms with van der Waals surface area (Å²) in [6.45, 7) is 1.83. The van der Waals surface area contributed by atoms with Crippen LogP contribution in [0, 0.1) is 0 Å². The molecule has 1 heterocycles. The molecule has 0 fully saturated rings. The molecule has 1 aromatic carbocycles. The normalized spacial score (nSPS) is 10.6. The van der Waals surface area contributed by atoms with Crippen LogP contribution in [0.2, 0.25) is 0 Å². The SMILES string of the molecule is CSc1ccc(CNCc2cc[nH]c2)cc1. The third-order valence-electron chi connectivity index (χ3n) is 2.48. The van der Waals surface area contributed by atoms with Crippen molar-refractivity contribution in [1.29, 1.82) is 0 Å². The van der Waals surface area contributed by atoms with Crippen molar-refractivity contribution >= 4 is 11.8 Å². The molecule has 0 atom stereocenters. The molecule has 2 nitrogen and oxygen atoms in total. The lowest BCUT2D eigenvalue weighted by atomic mass is 10.2.